The average molecular weight is 550 g/mol. The number of piperazine rings is 1. The Kier molecular flexibility index (Phi) is 10.0. The zero-order chi connectivity index (χ0) is 28.6. The second-order valence-electron chi connectivity index (χ2n) is 10.4. The number of hydrogen-bond acceptors (Lipinski definition) is 8. The number of pyridine rings is 1. The summed E-state index contributed by atoms with van der Waals surface area (Å²) in [6.07, 6.45) is 3.77. The van der Waals surface area contributed by atoms with Gasteiger partial charge in [0.2, 0.25) is 5.91 Å². The van der Waals surface area contributed by atoms with Gasteiger partial charge < -0.3 is 36.2 Å². The lowest BCUT2D eigenvalue weighted by atomic mass is 9.95. The molecular formula is C30H43N7O3. The number of allylic oxidation sites excluding steroid dienone is 1. The van der Waals surface area contributed by atoms with Crippen molar-refractivity contribution in [3.63, 3.8) is 0 Å². The fraction of sp³-hybridized carbons (Fsp3) is 0.500. The maximum absolute atomic E-state index is 13.6. The molecule has 2 aromatic rings. The van der Waals surface area contributed by atoms with E-state index in [4.69, 9.17) is 15.5 Å². The predicted molar refractivity (Wildman–Crippen MR) is 160 cm³/mol. The minimum absolute atomic E-state index is 0.0399. The molecule has 0 aliphatic carbocycles. The van der Waals surface area contributed by atoms with Crippen molar-refractivity contribution in [3.05, 3.63) is 52.9 Å². The third-order valence-corrected chi connectivity index (χ3v) is 7.83. The molecule has 0 atom stereocenters. The van der Waals surface area contributed by atoms with Gasteiger partial charge in [-0.2, -0.15) is 0 Å². The number of nitrogens with two attached hydrogens (primary N) is 1. The Balaban J connectivity index is 1.70. The lowest BCUT2D eigenvalue weighted by Gasteiger charge is -2.37. The first-order chi connectivity index (χ1) is 19.3. The van der Waals surface area contributed by atoms with E-state index in [1.54, 1.807) is 14.0 Å². The van der Waals surface area contributed by atoms with Gasteiger partial charge in [0.15, 0.2) is 0 Å². The SMILES string of the molecule is CCN(c1cc(-c2ccc(N3CCNCC3)nc2)cc(C(=O)NC/C(C(=O)NC)=C(\C)N)c1C)C1CCOCC1. The summed E-state index contributed by atoms with van der Waals surface area (Å²) < 4.78 is 5.62. The van der Waals surface area contributed by atoms with Crippen LogP contribution in [0.5, 0.6) is 0 Å². The molecule has 10 nitrogen and oxygen atoms in total. The van der Waals surface area contributed by atoms with E-state index in [0.29, 0.717) is 22.9 Å². The molecule has 40 heavy (non-hydrogen) atoms. The zero-order valence-corrected chi connectivity index (χ0v) is 24.2. The molecule has 4 rings (SSSR count). The van der Waals surface area contributed by atoms with Gasteiger partial charge in [-0.05, 0) is 69.0 Å². The Hall–Kier alpha value is -3.63. The molecule has 0 radical (unpaired) electrons. The van der Waals surface area contributed by atoms with E-state index >= 15 is 0 Å². The van der Waals surface area contributed by atoms with Crippen LogP contribution in [0.3, 0.4) is 0 Å². The Labute approximate surface area is 237 Å². The minimum Gasteiger partial charge on any atom is -0.402 e. The number of carbonyl (C=O) groups is 2. The van der Waals surface area contributed by atoms with Crippen LogP contribution in [-0.2, 0) is 9.53 Å². The van der Waals surface area contributed by atoms with Gasteiger partial charge in [-0.3, -0.25) is 9.59 Å². The van der Waals surface area contributed by atoms with Crippen LogP contribution in [0.15, 0.2) is 41.7 Å². The number of carbonyl (C=O) groups excluding carboxylic acids is 2. The lowest BCUT2D eigenvalue weighted by Crippen LogP contribution is -2.43. The van der Waals surface area contributed by atoms with Crippen LogP contribution in [0.25, 0.3) is 11.1 Å². The van der Waals surface area contributed by atoms with Crippen LogP contribution >= 0.6 is 0 Å². The van der Waals surface area contributed by atoms with Crippen LogP contribution < -0.4 is 31.5 Å². The summed E-state index contributed by atoms with van der Waals surface area (Å²) in [6.45, 7) is 11.9. The van der Waals surface area contributed by atoms with Crippen molar-refractivity contribution in [2.75, 3.05) is 69.3 Å². The first-order valence-electron chi connectivity index (χ1n) is 14.2. The molecule has 0 bridgehead atoms. The number of nitrogens with zero attached hydrogens (tertiary/aromatic N) is 3. The number of amides is 2. The Bertz CT molecular complexity index is 1210. The largest absolute Gasteiger partial charge is 0.402 e. The number of nitrogens with one attached hydrogen (secondary N) is 3. The first kappa shape index (κ1) is 29.4. The van der Waals surface area contributed by atoms with Crippen molar-refractivity contribution in [1.29, 1.82) is 0 Å². The van der Waals surface area contributed by atoms with E-state index in [1.807, 2.05) is 19.2 Å². The zero-order valence-electron chi connectivity index (χ0n) is 24.2. The van der Waals surface area contributed by atoms with Gasteiger partial charge in [0.05, 0.1) is 12.1 Å². The van der Waals surface area contributed by atoms with E-state index in [1.165, 1.54) is 0 Å². The molecule has 1 aromatic carbocycles. The highest BCUT2D eigenvalue weighted by atomic mass is 16.5. The maximum Gasteiger partial charge on any atom is 0.251 e. The number of benzene rings is 1. The molecule has 0 saturated carbocycles. The average Bonchev–Trinajstić information content (AvgIpc) is 2.99. The lowest BCUT2D eigenvalue weighted by molar-refractivity contribution is -0.117. The summed E-state index contributed by atoms with van der Waals surface area (Å²) >= 11 is 0. The summed E-state index contributed by atoms with van der Waals surface area (Å²) in [5.41, 5.74) is 11.0. The van der Waals surface area contributed by atoms with Gasteiger partial charge in [-0.1, -0.05) is 0 Å². The van der Waals surface area contributed by atoms with Gasteiger partial charge in [0.1, 0.15) is 5.82 Å². The standard InChI is InChI=1S/C30H43N7O3/c1-5-37(24-8-14-40-15-9-24)27-17-23(22-6-7-28(34-18-22)36-12-10-33-11-13-36)16-25(20(27)2)30(39)35-19-26(21(3)31)29(38)32-4/h6-7,16-18,24,33H,5,8-15,19,31H2,1-4H3,(H,32,38)(H,35,39)/b26-21-. The molecule has 5 N–H and O–H groups in total. The van der Waals surface area contributed by atoms with Gasteiger partial charge in [-0.15, -0.1) is 0 Å². The van der Waals surface area contributed by atoms with Crippen LogP contribution in [-0.4, -0.2) is 82.4 Å². The quantitative estimate of drug-likeness (QED) is 0.351. The van der Waals surface area contributed by atoms with Crippen LogP contribution in [0.4, 0.5) is 11.5 Å². The number of hydrogen-bond donors (Lipinski definition) is 4. The third-order valence-electron chi connectivity index (χ3n) is 7.83. The molecule has 0 spiro atoms. The van der Waals surface area contributed by atoms with Gasteiger partial charge in [0.25, 0.3) is 5.91 Å². The van der Waals surface area contributed by atoms with Crippen molar-refractivity contribution >= 4 is 23.3 Å². The molecule has 3 heterocycles. The molecule has 216 valence electrons. The van der Waals surface area contributed by atoms with E-state index in [2.05, 4.69) is 50.9 Å². The number of anilines is 2. The highest BCUT2D eigenvalue weighted by Gasteiger charge is 2.25. The van der Waals surface area contributed by atoms with Crippen molar-refractivity contribution in [3.8, 4) is 11.1 Å². The topological polar surface area (TPSA) is 125 Å². The molecular weight excluding hydrogens is 506 g/mol. The monoisotopic (exact) mass is 549 g/mol. The second-order valence-corrected chi connectivity index (χ2v) is 10.4. The fourth-order valence-electron chi connectivity index (χ4n) is 5.47. The number of rotatable bonds is 9. The van der Waals surface area contributed by atoms with Gasteiger partial charge in [-0.25, -0.2) is 4.98 Å². The van der Waals surface area contributed by atoms with Crippen molar-refractivity contribution in [2.24, 2.45) is 5.73 Å². The van der Waals surface area contributed by atoms with E-state index in [0.717, 1.165) is 87.0 Å². The van der Waals surface area contributed by atoms with E-state index in [-0.39, 0.29) is 18.4 Å². The van der Waals surface area contributed by atoms with Crippen molar-refractivity contribution in [1.82, 2.24) is 20.9 Å². The summed E-state index contributed by atoms with van der Waals surface area (Å²) in [7, 11) is 1.55. The number of ether oxygens (including phenoxy) is 1. The molecule has 2 saturated heterocycles. The predicted octanol–water partition coefficient (Wildman–Crippen LogP) is 2.18. The first-order valence-corrected chi connectivity index (χ1v) is 14.2. The Morgan fingerprint density at radius 1 is 1.18 bits per heavy atom. The molecule has 2 aliphatic rings. The van der Waals surface area contributed by atoms with Crippen LogP contribution in [0.1, 0.15) is 42.6 Å². The van der Waals surface area contributed by atoms with Gasteiger partial charge >= 0.3 is 0 Å². The highest BCUT2D eigenvalue weighted by Crippen LogP contribution is 2.34. The maximum atomic E-state index is 13.6. The summed E-state index contributed by atoms with van der Waals surface area (Å²) in [4.78, 5) is 35.3. The minimum atomic E-state index is -0.307. The highest BCUT2D eigenvalue weighted by molar-refractivity contribution is 6.00. The smallest absolute Gasteiger partial charge is 0.251 e. The van der Waals surface area contributed by atoms with Crippen LogP contribution in [0, 0.1) is 6.92 Å². The molecule has 2 aliphatic heterocycles. The molecule has 10 heteroatoms. The summed E-state index contributed by atoms with van der Waals surface area (Å²) in [5.74, 6) is 0.397. The van der Waals surface area contributed by atoms with Crippen molar-refractivity contribution in [2.45, 2.75) is 39.7 Å². The second kappa shape index (κ2) is 13.6. The van der Waals surface area contributed by atoms with E-state index < -0.39 is 0 Å². The van der Waals surface area contributed by atoms with Crippen molar-refractivity contribution < 1.29 is 14.3 Å². The Morgan fingerprint density at radius 3 is 2.50 bits per heavy atom. The summed E-state index contributed by atoms with van der Waals surface area (Å²) in [6, 6.07) is 8.56. The van der Waals surface area contributed by atoms with E-state index in [9.17, 15) is 9.59 Å². The van der Waals surface area contributed by atoms with Gasteiger partial charge in [0, 0.05) is 87.7 Å². The normalized spacial score (nSPS) is 16.8. The number of likely N-dealkylation sites (N-methyl/N-ethyl adjacent to an activating group) is 1. The molecule has 2 fully saturated rings. The summed E-state index contributed by atoms with van der Waals surface area (Å²) in [5, 5.41) is 8.89. The molecule has 0 unspecified atom stereocenters. The van der Waals surface area contributed by atoms with Crippen LogP contribution in [0.2, 0.25) is 0 Å². The third kappa shape index (κ3) is 6.74. The Morgan fingerprint density at radius 2 is 1.90 bits per heavy atom. The molecule has 1 aromatic heterocycles. The number of aromatic nitrogens is 1. The molecule has 2 amide bonds. The fourth-order valence-corrected chi connectivity index (χ4v) is 5.47.